The molecule has 1 amide bonds. The maximum absolute atomic E-state index is 12.5. The summed E-state index contributed by atoms with van der Waals surface area (Å²) in [5.41, 5.74) is 1.14. The molecule has 4 rings (SSSR count). The molecule has 1 saturated heterocycles. The Morgan fingerprint density at radius 2 is 2.05 bits per heavy atom. The van der Waals surface area contributed by atoms with E-state index in [1.165, 1.54) is 10.8 Å². The fourth-order valence-corrected chi connectivity index (χ4v) is 3.64. The van der Waals surface area contributed by atoms with E-state index in [9.17, 15) is 4.79 Å². The van der Waals surface area contributed by atoms with Crippen molar-refractivity contribution >= 4 is 16.7 Å². The number of carbonyl (C=O) groups is 1. The zero-order valence-corrected chi connectivity index (χ0v) is 13.0. The Morgan fingerprint density at radius 3 is 2.82 bits per heavy atom. The minimum atomic E-state index is 0.295. The minimum Gasteiger partial charge on any atom is -0.342 e. The quantitative estimate of drug-likeness (QED) is 0.848. The van der Waals surface area contributed by atoms with Crippen molar-refractivity contribution < 1.29 is 4.79 Å². The molecule has 0 N–H and O–H groups in total. The molecule has 0 spiro atoms. The first-order valence-electron chi connectivity index (χ1n) is 8.36. The van der Waals surface area contributed by atoms with Crippen LogP contribution in [0.5, 0.6) is 0 Å². The van der Waals surface area contributed by atoms with Crippen LogP contribution in [0.2, 0.25) is 0 Å². The van der Waals surface area contributed by atoms with Crippen LogP contribution in [0.25, 0.3) is 10.8 Å². The van der Waals surface area contributed by atoms with E-state index in [1.54, 1.807) is 0 Å². The lowest BCUT2D eigenvalue weighted by molar-refractivity contribution is -0.134. The molecule has 2 aliphatic rings. The van der Waals surface area contributed by atoms with Gasteiger partial charge in [-0.25, -0.2) is 0 Å². The van der Waals surface area contributed by atoms with Gasteiger partial charge in [0.05, 0.1) is 0 Å². The highest BCUT2D eigenvalue weighted by atomic mass is 16.2. The summed E-state index contributed by atoms with van der Waals surface area (Å²) >= 11 is 0. The second-order valence-electron chi connectivity index (χ2n) is 6.90. The maximum atomic E-state index is 12.5. The third kappa shape index (κ3) is 2.49. The van der Waals surface area contributed by atoms with Gasteiger partial charge in [-0.3, -0.25) is 9.78 Å². The van der Waals surface area contributed by atoms with Gasteiger partial charge < -0.3 is 4.90 Å². The number of nitrogens with zero attached hydrogens (tertiary/aromatic N) is 2. The monoisotopic (exact) mass is 294 g/mol. The highest BCUT2D eigenvalue weighted by molar-refractivity contribution is 5.82. The van der Waals surface area contributed by atoms with Crippen molar-refractivity contribution in [2.45, 2.75) is 32.1 Å². The first-order valence-corrected chi connectivity index (χ1v) is 8.36. The third-order valence-corrected chi connectivity index (χ3v) is 5.23. The van der Waals surface area contributed by atoms with E-state index >= 15 is 0 Å². The van der Waals surface area contributed by atoms with Gasteiger partial charge in [0.25, 0.3) is 0 Å². The van der Waals surface area contributed by atoms with Crippen LogP contribution in [-0.2, 0) is 4.79 Å². The van der Waals surface area contributed by atoms with E-state index in [0.29, 0.717) is 23.7 Å². The van der Waals surface area contributed by atoms with Crippen LogP contribution in [0.3, 0.4) is 0 Å². The standard InChI is InChI=1S/C19H22N2O/c1-13-9-17(13)19(22)21-8-4-7-16(12-21)18-10-14-5-2-3-6-15(14)11-20-18/h2-3,5-6,10-11,13,16-17H,4,7-9,12H2,1H3/t13-,16+,17+/m1/s1. The first-order chi connectivity index (χ1) is 10.7. The largest absolute Gasteiger partial charge is 0.342 e. The summed E-state index contributed by atoms with van der Waals surface area (Å²) in [6, 6.07) is 10.5. The molecule has 2 aromatic rings. The van der Waals surface area contributed by atoms with Crippen LogP contribution in [0.15, 0.2) is 36.5 Å². The van der Waals surface area contributed by atoms with Gasteiger partial charge in [0.2, 0.25) is 5.91 Å². The second kappa shape index (κ2) is 5.38. The van der Waals surface area contributed by atoms with Crippen molar-refractivity contribution in [1.82, 2.24) is 9.88 Å². The van der Waals surface area contributed by atoms with Gasteiger partial charge in [-0.15, -0.1) is 0 Å². The van der Waals surface area contributed by atoms with Crippen LogP contribution < -0.4 is 0 Å². The predicted octanol–water partition coefficient (Wildman–Crippen LogP) is 3.60. The van der Waals surface area contributed by atoms with Gasteiger partial charge in [0.1, 0.15) is 0 Å². The zero-order chi connectivity index (χ0) is 15.1. The van der Waals surface area contributed by atoms with Gasteiger partial charge in [-0.2, -0.15) is 0 Å². The molecule has 114 valence electrons. The van der Waals surface area contributed by atoms with Crippen LogP contribution in [0.1, 0.15) is 37.8 Å². The Hall–Kier alpha value is -1.90. The van der Waals surface area contributed by atoms with Crippen molar-refractivity contribution in [2.75, 3.05) is 13.1 Å². The summed E-state index contributed by atoms with van der Waals surface area (Å²) in [7, 11) is 0. The topological polar surface area (TPSA) is 33.2 Å². The molecule has 2 fully saturated rings. The summed E-state index contributed by atoms with van der Waals surface area (Å²) in [5.74, 6) is 1.64. The number of hydrogen-bond donors (Lipinski definition) is 0. The van der Waals surface area contributed by atoms with Crippen LogP contribution >= 0.6 is 0 Å². The normalized spacial score (nSPS) is 27.9. The molecule has 0 bridgehead atoms. The van der Waals surface area contributed by atoms with E-state index in [2.05, 4.69) is 41.1 Å². The third-order valence-electron chi connectivity index (χ3n) is 5.23. The molecule has 3 nitrogen and oxygen atoms in total. The summed E-state index contributed by atoms with van der Waals surface area (Å²) in [6.07, 6.45) is 5.27. The highest BCUT2D eigenvalue weighted by Crippen LogP contribution is 2.40. The summed E-state index contributed by atoms with van der Waals surface area (Å²) in [6.45, 7) is 3.94. The van der Waals surface area contributed by atoms with E-state index in [4.69, 9.17) is 0 Å². The molecule has 1 saturated carbocycles. The smallest absolute Gasteiger partial charge is 0.225 e. The van der Waals surface area contributed by atoms with Crippen molar-refractivity contribution in [3.8, 4) is 0 Å². The molecule has 22 heavy (non-hydrogen) atoms. The number of amides is 1. The lowest BCUT2D eigenvalue weighted by Gasteiger charge is -2.33. The van der Waals surface area contributed by atoms with Crippen LogP contribution in [-0.4, -0.2) is 28.9 Å². The molecule has 1 aliphatic heterocycles. The first kappa shape index (κ1) is 13.7. The molecule has 3 atom stereocenters. The van der Waals surface area contributed by atoms with Gasteiger partial charge >= 0.3 is 0 Å². The number of carbonyl (C=O) groups excluding carboxylic acids is 1. The Morgan fingerprint density at radius 1 is 1.27 bits per heavy atom. The SMILES string of the molecule is C[C@@H]1C[C@@H]1C(=O)N1CCC[C@H](c2cc3ccccc3cn2)C1. The van der Waals surface area contributed by atoms with Crippen molar-refractivity contribution in [1.29, 1.82) is 0 Å². The fraction of sp³-hybridized carbons (Fsp3) is 0.474. The minimum absolute atomic E-state index is 0.295. The fourth-order valence-electron chi connectivity index (χ4n) is 3.64. The van der Waals surface area contributed by atoms with Crippen LogP contribution in [0, 0.1) is 11.8 Å². The van der Waals surface area contributed by atoms with Gasteiger partial charge in [0, 0.05) is 42.2 Å². The number of aromatic nitrogens is 1. The maximum Gasteiger partial charge on any atom is 0.225 e. The van der Waals surface area contributed by atoms with E-state index in [1.807, 2.05) is 12.3 Å². The molecular weight excluding hydrogens is 272 g/mol. The molecule has 3 heteroatoms. The average molecular weight is 294 g/mol. The highest BCUT2D eigenvalue weighted by Gasteiger charge is 2.42. The zero-order valence-electron chi connectivity index (χ0n) is 13.0. The summed E-state index contributed by atoms with van der Waals surface area (Å²) in [4.78, 5) is 19.2. The Labute approximate surface area is 131 Å². The Bertz CT molecular complexity index is 711. The number of hydrogen-bond acceptors (Lipinski definition) is 2. The lowest BCUT2D eigenvalue weighted by atomic mass is 9.93. The summed E-state index contributed by atoms with van der Waals surface area (Å²) < 4.78 is 0. The molecule has 0 unspecified atom stereocenters. The van der Waals surface area contributed by atoms with Gasteiger partial charge in [-0.1, -0.05) is 31.2 Å². The molecular formula is C19H22N2O. The lowest BCUT2D eigenvalue weighted by Crippen LogP contribution is -2.40. The molecule has 0 radical (unpaired) electrons. The average Bonchev–Trinajstić information content (AvgIpc) is 3.30. The second-order valence-corrected chi connectivity index (χ2v) is 6.90. The van der Waals surface area contributed by atoms with Crippen molar-refractivity contribution in [3.05, 3.63) is 42.2 Å². The summed E-state index contributed by atoms with van der Waals surface area (Å²) in [5, 5.41) is 2.42. The van der Waals surface area contributed by atoms with Crippen LogP contribution in [0.4, 0.5) is 0 Å². The number of piperidine rings is 1. The van der Waals surface area contributed by atoms with Gasteiger partial charge in [-0.05, 0) is 36.6 Å². The predicted molar refractivity (Wildman–Crippen MR) is 87.6 cm³/mol. The van der Waals surface area contributed by atoms with Crippen molar-refractivity contribution in [2.24, 2.45) is 11.8 Å². The molecule has 2 heterocycles. The molecule has 1 aromatic heterocycles. The van der Waals surface area contributed by atoms with E-state index in [0.717, 1.165) is 38.0 Å². The number of pyridine rings is 1. The number of fused-ring (bicyclic) bond motifs is 1. The molecule has 1 aliphatic carbocycles. The Balaban J connectivity index is 1.54. The molecule has 1 aromatic carbocycles. The van der Waals surface area contributed by atoms with E-state index in [-0.39, 0.29) is 0 Å². The van der Waals surface area contributed by atoms with E-state index < -0.39 is 0 Å². The van der Waals surface area contributed by atoms with Gasteiger partial charge in [0.15, 0.2) is 0 Å². The number of rotatable bonds is 2. The number of likely N-dealkylation sites (tertiary alicyclic amines) is 1. The number of benzene rings is 1. The van der Waals surface area contributed by atoms with Crippen molar-refractivity contribution in [3.63, 3.8) is 0 Å². The Kier molecular flexibility index (Phi) is 3.36.